The van der Waals surface area contributed by atoms with Gasteiger partial charge in [-0.25, -0.2) is 13.9 Å². The first kappa shape index (κ1) is 10.8. The van der Waals surface area contributed by atoms with E-state index in [-0.39, 0.29) is 16.3 Å². The Kier molecular flexibility index (Phi) is 2.70. The van der Waals surface area contributed by atoms with E-state index in [2.05, 4.69) is 10.2 Å². The Bertz CT molecular complexity index is 598. The zero-order valence-corrected chi connectivity index (χ0v) is 8.55. The molecule has 16 heavy (non-hydrogen) atoms. The molecule has 1 heterocycles. The number of halogens is 3. The van der Waals surface area contributed by atoms with Crippen LogP contribution in [0.4, 0.5) is 8.78 Å². The number of hydrogen-bond donors (Lipinski definition) is 1. The van der Waals surface area contributed by atoms with Crippen LogP contribution in [-0.2, 0) is 0 Å². The molecule has 0 saturated heterocycles. The van der Waals surface area contributed by atoms with Crippen LogP contribution in [0.1, 0.15) is 0 Å². The maximum atomic E-state index is 13.4. The van der Waals surface area contributed by atoms with E-state index in [1.807, 2.05) is 0 Å². The Morgan fingerprint density at radius 2 is 2.00 bits per heavy atom. The standard InChI is InChI=1S/C10H5ClF2N2O/c11-8-4-6(10(16)15-14-8)5-2-1-3-7(12)9(5)13/h1-4H,(H,15,16). The highest BCUT2D eigenvalue weighted by molar-refractivity contribution is 6.29. The van der Waals surface area contributed by atoms with Gasteiger partial charge in [-0.2, -0.15) is 5.10 Å². The van der Waals surface area contributed by atoms with Crippen LogP contribution in [0, 0.1) is 11.6 Å². The van der Waals surface area contributed by atoms with E-state index in [1.165, 1.54) is 18.2 Å². The van der Waals surface area contributed by atoms with E-state index < -0.39 is 17.2 Å². The zero-order valence-electron chi connectivity index (χ0n) is 7.80. The zero-order chi connectivity index (χ0) is 11.7. The molecule has 1 N–H and O–H groups in total. The lowest BCUT2D eigenvalue weighted by Gasteiger charge is -2.02. The second-order valence-electron chi connectivity index (χ2n) is 3.03. The minimum atomic E-state index is -1.09. The SMILES string of the molecule is O=c1[nH]nc(Cl)cc1-c1cccc(F)c1F. The van der Waals surface area contributed by atoms with Crippen molar-refractivity contribution in [2.75, 3.05) is 0 Å². The summed E-state index contributed by atoms with van der Waals surface area (Å²) in [5.41, 5.74) is -0.837. The minimum absolute atomic E-state index is 0.00161. The van der Waals surface area contributed by atoms with E-state index >= 15 is 0 Å². The van der Waals surface area contributed by atoms with Gasteiger partial charge in [0.1, 0.15) is 5.15 Å². The second kappa shape index (κ2) is 4.02. The second-order valence-corrected chi connectivity index (χ2v) is 3.42. The quantitative estimate of drug-likeness (QED) is 0.834. The molecule has 1 aromatic carbocycles. The van der Waals surface area contributed by atoms with Gasteiger partial charge in [-0.3, -0.25) is 4.79 Å². The van der Waals surface area contributed by atoms with Crippen LogP contribution in [-0.4, -0.2) is 10.2 Å². The maximum Gasteiger partial charge on any atom is 0.272 e. The topological polar surface area (TPSA) is 45.8 Å². The van der Waals surface area contributed by atoms with Crippen molar-refractivity contribution in [2.45, 2.75) is 0 Å². The first-order valence-corrected chi connectivity index (χ1v) is 4.67. The third-order valence-electron chi connectivity index (χ3n) is 2.01. The summed E-state index contributed by atoms with van der Waals surface area (Å²) in [5, 5.41) is 5.51. The summed E-state index contributed by atoms with van der Waals surface area (Å²) in [6, 6.07) is 4.74. The number of hydrogen-bond acceptors (Lipinski definition) is 2. The third-order valence-corrected chi connectivity index (χ3v) is 2.21. The highest BCUT2D eigenvalue weighted by atomic mass is 35.5. The smallest absolute Gasteiger partial charge is 0.267 e. The van der Waals surface area contributed by atoms with Crippen molar-refractivity contribution in [1.29, 1.82) is 0 Å². The molecule has 1 aromatic heterocycles. The molecular formula is C10H5ClF2N2O. The maximum absolute atomic E-state index is 13.4. The molecule has 0 unspecified atom stereocenters. The summed E-state index contributed by atoms with van der Waals surface area (Å²) in [7, 11) is 0. The molecule has 0 atom stereocenters. The molecule has 0 radical (unpaired) electrons. The molecule has 0 spiro atoms. The molecule has 0 bridgehead atoms. The van der Waals surface area contributed by atoms with Crippen LogP contribution in [0.25, 0.3) is 11.1 Å². The summed E-state index contributed by atoms with van der Waals surface area (Å²) in [4.78, 5) is 11.4. The fourth-order valence-electron chi connectivity index (χ4n) is 1.29. The number of nitrogens with one attached hydrogen (secondary N) is 1. The van der Waals surface area contributed by atoms with Crippen molar-refractivity contribution in [2.24, 2.45) is 0 Å². The molecule has 0 aliphatic heterocycles. The van der Waals surface area contributed by atoms with Crippen LogP contribution in [0.2, 0.25) is 5.15 Å². The van der Waals surface area contributed by atoms with Gasteiger partial charge in [0.25, 0.3) is 5.56 Å². The van der Waals surface area contributed by atoms with Gasteiger partial charge in [-0.15, -0.1) is 0 Å². The molecule has 0 aliphatic carbocycles. The van der Waals surface area contributed by atoms with Gasteiger partial charge in [0.2, 0.25) is 0 Å². The first-order valence-electron chi connectivity index (χ1n) is 4.29. The molecular weight excluding hydrogens is 238 g/mol. The van der Waals surface area contributed by atoms with Crippen LogP contribution < -0.4 is 5.56 Å². The summed E-state index contributed by atoms with van der Waals surface area (Å²) in [6.45, 7) is 0. The Morgan fingerprint density at radius 1 is 1.25 bits per heavy atom. The highest BCUT2D eigenvalue weighted by Gasteiger charge is 2.13. The van der Waals surface area contributed by atoms with Crippen molar-refractivity contribution < 1.29 is 8.78 Å². The first-order chi connectivity index (χ1) is 7.59. The van der Waals surface area contributed by atoms with E-state index in [9.17, 15) is 13.6 Å². The third kappa shape index (κ3) is 1.81. The van der Waals surface area contributed by atoms with Gasteiger partial charge in [-0.1, -0.05) is 23.7 Å². The molecule has 0 amide bonds. The Labute approximate surface area is 93.7 Å². The average Bonchev–Trinajstić information content (AvgIpc) is 2.26. The number of rotatable bonds is 1. The van der Waals surface area contributed by atoms with Crippen molar-refractivity contribution in [3.63, 3.8) is 0 Å². The summed E-state index contributed by atoms with van der Waals surface area (Å²) < 4.78 is 26.4. The molecule has 2 aromatic rings. The lowest BCUT2D eigenvalue weighted by molar-refractivity contribution is 0.511. The average molecular weight is 243 g/mol. The largest absolute Gasteiger partial charge is 0.272 e. The van der Waals surface area contributed by atoms with Crippen molar-refractivity contribution in [1.82, 2.24) is 10.2 Å². The molecule has 82 valence electrons. The Hall–Kier alpha value is -1.75. The van der Waals surface area contributed by atoms with E-state index in [0.29, 0.717) is 0 Å². The predicted octanol–water partition coefficient (Wildman–Crippen LogP) is 2.37. The Morgan fingerprint density at radius 3 is 2.75 bits per heavy atom. The summed E-state index contributed by atoms with van der Waals surface area (Å²) >= 11 is 5.56. The van der Waals surface area contributed by atoms with Gasteiger partial charge in [-0.05, 0) is 12.1 Å². The number of aromatic nitrogens is 2. The van der Waals surface area contributed by atoms with E-state index in [1.54, 1.807) is 0 Å². The number of aromatic amines is 1. The van der Waals surface area contributed by atoms with Gasteiger partial charge in [0.05, 0.1) is 5.56 Å². The fourth-order valence-corrected chi connectivity index (χ4v) is 1.44. The van der Waals surface area contributed by atoms with E-state index in [0.717, 1.165) is 6.07 Å². The van der Waals surface area contributed by atoms with Gasteiger partial charge >= 0.3 is 0 Å². The van der Waals surface area contributed by atoms with Crippen molar-refractivity contribution in [3.05, 3.63) is 51.4 Å². The molecule has 3 nitrogen and oxygen atoms in total. The lowest BCUT2D eigenvalue weighted by Crippen LogP contribution is -2.11. The van der Waals surface area contributed by atoms with E-state index in [4.69, 9.17) is 11.6 Å². The highest BCUT2D eigenvalue weighted by Crippen LogP contribution is 2.22. The summed E-state index contributed by atoms with van der Waals surface area (Å²) in [6.07, 6.45) is 0. The lowest BCUT2D eigenvalue weighted by atomic mass is 10.1. The van der Waals surface area contributed by atoms with Gasteiger partial charge in [0, 0.05) is 5.56 Å². The molecule has 0 aliphatic rings. The van der Waals surface area contributed by atoms with Gasteiger partial charge in [0.15, 0.2) is 11.6 Å². The fraction of sp³-hybridized carbons (Fsp3) is 0. The van der Waals surface area contributed by atoms with Crippen molar-refractivity contribution >= 4 is 11.6 Å². The molecule has 2 rings (SSSR count). The molecule has 0 fully saturated rings. The van der Waals surface area contributed by atoms with Crippen LogP contribution >= 0.6 is 11.6 Å². The predicted molar refractivity (Wildman–Crippen MR) is 55.2 cm³/mol. The van der Waals surface area contributed by atoms with Crippen LogP contribution in [0.15, 0.2) is 29.1 Å². The Balaban J connectivity index is 2.72. The summed E-state index contributed by atoms with van der Waals surface area (Å²) in [5.74, 6) is -2.11. The van der Waals surface area contributed by atoms with Crippen LogP contribution in [0.3, 0.4) is 0 Å². The van der Waals surface area contributed by atoms with Crippen LogP contribution in [0.5, 0.6) is 0 Å². The number of H-pyrrole nitrogens is 1. The molecule has 0 saturated carbocycles. The normalized spacial score (nSPS) is 10.4. The number of benzene rings is 1. The monoisotopic (exact) mass is 242 g/mol. The minimum Gasteiger partial charge on any atom is -0.267 e. The van der Waals surface area contributed by atoms with Crippen molar-refractivity contribution in [3.8, 4) is 11.1 Å². The molecule has 6 heteroatoms. The van der Waals surface area contributed by atoms with Gasteiger partial charge < -0.3 is 0 Å². The number of nitrogens with zero attached hydrogens (tertiary/aromatic N) is 1.